The Bertz CT molecular complexity index is 854. The fourth-order valence-corrected chi connectivity index (χ4v) is 3.12. The van der Waals surface area contributed by atoms with Gasteiger partial charge >= 0.3 is 0 Å². The third kappa shape index (κ3) is 2.08. The fourth-order valence-electron chi connectivity index (χ4n) is 3.12. The van der Waals surface area contributed by atoms with Crippen molar-refractivity contribution in [2.24, 2.45) is 0 Å². The molecule has 2 aromatic carbocycles. The van der Waals surface area contributed by atoms with E-state index in [1.807, 2.05) is 35.2 Å². The minimum Gasteiger partial charge on any atom is -0.350 e. The Morgan fingerprint density at radius 2 is 1.95 bits per heavy atom. The Labute approximate surface area is 127 Å². The van der Waals surface area contributed by atoms with Crippen molar-refractivity contribution in [1.29, 1.82) is 0 Å². The van der Waals surface area contributed by atoms with E-state index in [-0.39, 0.29) is 11.7 Å². The highest BCUT2D eigenvalue weighted by molar-refractivity contribution is 6.02. The Morgan fingerprint density at radius 1 is 1.14 bits per heavy atom. The van der Waals surface area contributed by atoms with Crippen molar-refractivity contribution in [3.8, 4) is 0 Å². The van der Waals surface area contributed by atoms with Gasteiger partial charge in [-0.3, -0.25) is 4.79 Å². The zero-order chi connectivity index (χ0) is 15.1. The molecule has 3 aromatic rings. The Hall–Kier alpha value is -2.62. The molecule has 110 valence electrons. The van der Waals surface area contributed by atoms with Crippen LogP contribution in [0.4, 0.5) is 4.39 Å². The first-order valence-corrected chi connectivity index (χ1v) is 7.35. The van der Waals surface area contributed by atoms with E-state index in [1.54, 1.807) is 6.07 Å². The first-order chi connectivity index (χ1) is 10.7. The number of carbonyl (C=O) groups is 1. The second-order valence-electron chi connectivity index (χ2n) is 5.63. The summed E-state index contributed by atoms with van der Waals surface area (Å²) in [6.07, 6.45) is 0.747. The Kier molecular flexibility index (Phi) is 2.96. The molecule has 3 nitrogen and oxygen atoms in total. The molecule has 1 N–H and O–H groups in total. The number of benzene rings is 2. The number of halogens is 1. The van der Waals surface area contributed by atoms with Crippen molar-refractivity contribution < 1.29 is 9.18 Å². The second-order valence-corrected chi connectivity index (χ2v) is 5.63. The number of H-pyrrole nitrogens is 1. The number of aromatic amines is 1. The van der Waals surface area contributed by atoms with Gasteiger partial charge in [-0.2, -0.15) is 0 Å². The van der Waals surface area contributed by atoms with Gasteiger partial charge in [0.05, 0.1) is 0 Å². The summed E-state index contributed by atoms with van der Waals surface area (Å²) in [5, 5.41) is 0.822. The van der Waals surface area contributed by atoms with Crippen LogP contribution in [0.3, 0.4) is 0 Å². The highest BCUT2D eigenvalue weighted by Gasteiger charge is 2.27. The van der Waals surface area contributed by atoms with Gasteiger partial charge in [0, 0.05) is 24.0 Å². The van der Waals surface area contributed by atoms with Gasteiger partial charge in [-0.25, -0.2) is 4.39 Å². The molecule has 0 saturated heterocycles. The molecule has 22 heavy (non-hydrogen) atoms. The van der Waals surface area contributed by atoms with E-state index in [9.17, 15) is 9.18 Å². The molecule has 1 amide bonds. The predicted octanol–water partition coefficient (Wildman–Crippen LogP) is 3.51. The van der Waals surface area contributed by atoms with Crippen LogP contribution in [0.15, 0.2) is 48.5 Å². The van der Waals surface area contributed by atoms with Gasteiger partial charge in [-0.15, -0.1) is 0 Å². The van der Waals surface area contributed by atoms with Gasteiger partial charge in [0.2, 0.25) is 0 Å². The van der Waals surface area contributed by atoms with Crippen LogP contribution < -0.4 is 0 Å². The smallest absolute Gasteiger partial charge is 0.270 e. The number of hydrogen-bond acceptors (Lipinski definition) is 1. The average molecular weight is 294 g/mol. The normalized spacial score (nSPS) is 14.4. The van der Waals surface area contributed by atoms with E-state index < -0.39 is 0 Å². The molecule has 0 atom stereocenters. The number of nitrogens with one attached hydrogen (secondary N) is 1. The molecule has 0 bridgehead atoms. The highest BCUT2D eigenvalue weighted by atomic mass is 19.1. The summed E-state index contributed by atoms with van der Waals surface area (Å²) in [6, 6.07) is 14.6. The molecule has 4 heteroatoms. The lowest BCUT2D eigenvalue weighted by atomic mass is 10.0. The third-order valence-electron chi connectivity index (χ3n) is 4.22. The van der Waals surface area contributed by atoms with Gasteiger partial charge in [-0.1, -0.05) is 30.3 Å². The summed E-state index contributed by atoms with van der Waals surface area (Å²) in [6.45, 7) is 1.26. The molecule has 0 aliphatic carbocycles. The highest BCUT2D eigenvalue weighted by Crippen LogP contribution is 2.28. The van der Waals surface area contributed by atoms with Crippen molar-refractivity contribution in [3.05, 3.63) is 71.2 Å². The Morgan fingerprint density at radius 3 is 2.77 bits per heavy atom. The van der Waals surface area contributed by atoms with Crippen LogP contribution >= 0.6 is 0 Å². The zero-order valence-electron chi connectivity index (χ0n) is 12.0. The minimum atomic E-state index is -0.270. The van der Waals surface area contributed by atoms with Crippen LogP contribution in [0.25, 0.3) is 10.9 Å². The molecule has 0 spiro atoms. The van der Waals surface area contributed by atoms with E-state index in [2.05, 4.69) is 4.98 Å². The monoisotopic (exact) mass is 294 g/mol. The van der Waals surface area contributed by atoms with Gasteiger partial charge < -0.3 is 9.88 Å². The van der Waals surface area contributed by atoms with Crippen molar-refractivity contribution in [2.45, 2.75) is 13.0 Å². The molecular weight excluding hydrogens is 279 g/mol. The molecular formula is C18H15FN2O. The topological polar surface area (TPSA) is 36.1 Å². The molecule has 1 aromatic heterocycles. The summed E-state index contributed by atoms with van der Waals surface area (Å²) < 4.78 is 13.4. The van der Waals surface area contributed by atoms with Crippen molar-refractivity contribution in [2.75, 3.05) is 6.54 Å². The van der Waals surface area contributed by atoms with Gasteiger partial charge in [0.15, 0.2) is 0 Å². The lowest BCUT2D eigenvalue weighted by molar-refractivity contribution is 0.0722. The maximum atomic E-state index is 13.4. The number of amides is 1. The first-order valence-electron chi connectivity index (χ1n) is 7.35. The van der Waals surface area contributed by atoms with E-state index in [0.29, 0.717) is 18.8 Å². The standard InChI is InChI=1S/C18H15FN2O/c19-13-6-7-16-15(10-13)14-8-9-21(18(22)17(14)20-16)11-12-4-2-1-3-5-12/h1-7,10,20H,8-9,11H2. The molecule has 0 fully saturated rings. The molecule has 0 saturated carbocycles. The third-order valence-corrected chi connectivity index (χ3v) is 4.22. The van der Waals surface area contributed by atoms with Crippen LogP contribution in [0.2, 0.25) is 0 Å². The predicted molar refractivity (Wildman–Crippen MR) is 83.1 cm³/mol. The summed E-state index contributed by atoms with van der Waals surface area (Å²) in [5.74, 6) is -0.282. The zero-order valence-corrected chi connectivity index (χ0v) is 12.0. The van der Waals surface area contributed by atoms with Crippen molar-refractivity contribution >= 4 is 16.8 Å². The van der Waals surface area contributed by atoms with Gasteiger partial charge in [0.25, 0.3) is 5.91 Å². The van der Waals surface area contributed by atoms with Gasteiger partial charge in [-0.05, 0) is 35.7 Å². The van der Waals surface area contributed by atoms with E-state index >= 15 is 0 Å². The summed E-state index contributed by atoms with van der Waals surface area (Å²) in [5.41, 5.74) is 3.47. The number of aromatic nitrogens is 1. The number of carbonyl (C=O) groups excluding carboxylic acids is 1. The number of fused-ring (bicyclic) bond motifs is 3. The van der Waals surface area contributed by atoms with Crippen LogP contribution in [0.1, 0.15) is 21.6 Å². The molecule has 1 aliphatic heterocycles. The average Bonchev–Trinajstić information content (AvgIpc) is 2.90. The molecule has 0 radical (unpaired) electrons. The number of rotatable bonds is 2. The van der Waals surface area contributed by atoms with Gasteiger partial charge in [0.1, 0.15) is 11.5 Å². The Balaban J connectivity index is 1.70. The van der Waals surface area contributed by atoms with Crippen LogP contribution in [-0.2, 0) is 13.0 Å². The maximum absolute atomic E-state index is 13.4. The lowest BCUT2D eigenvalue weighted by Gasteiger charge is -2.27. The van der Waals surface area contributed by atoms with Crippen LogP contribution in [-0.4, -0.2) is 22.3 Å². The quantitative estimate of drug-likeness (QED) is 0.771. The number of nitrogens with zero attached hydrogens (tertiary/aromatic N) is 1. The van der Waals surface area contributed by atoms with Crippen molar-refractivity contribution in [3.63, 3.8) is 0 Å². The van der Waals surface area contributed by atoms with Crippen molar-refractivity contribution in [1.82, 2.24) is 9.88 Å². The fraction of sp³-hybridized carbons (Fsp3) is 0.167. The molecule has 4 rings (SSSR count). The minimum absolute atomic E-state index is 0.0123. The van der Waals surface area contributed by atoms with Crippen LogP contribution in [0, 0.1) is 5.82 Å². The molecule has 0 unspecified atom stereocenters. The van der Waals surface area contributed by atoms with E-state index in [0.717, 1.165) is 28.5 Å². The summed E-state index contributed by atoms with van der Waals surface area (Å²) in [7, 11) is 0. The summed E-state index contributed by atoms with van der Waals surface area (Å²) in [4.78, 5) is 17.7. The maximum Gasteiger partial charge on any atom is 0.270 e. The number of hydrogen-bond donors (Lipinski definition) is 1. The molecule has 1 aliphatic rings. The second kappa shape index (κ2) is 4.98. The molecule has 2 heterocycles. The summed E-state index contributed by atoms with van der Waals surface area (Å²) >= 11 is 0. The SMILES string of the molecule is O=C1c2[nH]c3ccc(F)cc3c2CCN1Cc1ccccc1. The largest absolute Gasteiger partial charge is 0.350 e. The van der Waals surface area contributed by atoms with E-state index in [4.69, 9.17) is 0 Å². The lowest BCUT2D eigenvalue weighted by Crippen LogP contribution is -2.36. The first kappa shape index (κ1) is 13.1. The van der Waals surface area contributed by atoms with Crippen LogP contribution in [0.5, 0.6) is 0 Å². The van der Waals surface area contributed by atoms with E-state index in [1.165, 1.54) is 12.1 Å².